The van der Waals surface area contributed by atoms with Crippen molar-refractivity contribution in [2.24, 2.45) is 18.9 Å². The first-order valence-electron chi connectivity index (χ1n) is 10.7. The molecule has 0 aromatic carbocycles. The second-order valence-corrected chi connectivity index (χ2v) is 9.69. The highest BCUT2D eigenvalue weighted by Crippen LogP contribution is 2.28. The molecule has 1 aliphatic rings. The topological polar surface area (TPSA) is 67.2 Å². The quantitative estimate of drug-likeness (QED) is 0.726. The monoisotopic (exact) mass is 390 g/mol. The number of rotatable bonds is 8. The van der Waals surface area contributed by atoms with Crippen LogP contribution in [0.2, 0.25) is 0 Å². The number of carbonyl (C=O) groups excluding carboxylic acids is 2. The van der Waals surface area contributed by atoms with Crippen LogP contribution in [0.4, 0.5) is 5.82 Å². The number of hydrogen-bond donors (Lipinski definition) is 1. The van der Waals surface area contributed by atoms with Crippen molar-refractivity contribution >= 4 is 17.6 Å². The summed E-state index contributed by atoms with van der Waals surface area (Å²) < 4.78 is 1.69. The fourth-order valence-corrected chi connectivity index (χ4v) is 3.79. The lowest BCUT2D eigenvalue weighted by Gasteiger charge is -2.24. The van der Waals surface area contributed by atoms with E-state index in [1.165, 1.54) is 25.7 Å². The largest absolute Gasteiger partial charge is 0.333 e. The van der Waals surface area contributed by atoms with Crippen molar-refractivity contribution in [1.29, 1.82) is 0 Å². The van der Waals surface area contributed by atoms with Crippen LogP contribution in [0.1, 0.15) is 78.8 Å². The van der Waals surface area contributed by atoms with Gasteiger partial charge in [0.2, 0.25) is 11.8 Å². The summed E-state index contributed by atoms with van der Waals surface area (Å²) in [6.45, 7) is 11.1. The van der Waals surface area contributed by atoms with Gasteiger partial charge in [0.15, 0.2) is 0 Å². The number of aromatic nitrogens is 2. The normalized spacial score (nSPS) is 15.2. The maximum Gasteiger partial charge on any atom is 0.245 e. The van der Waals surface area contributed by atoms with Crippen LogP contribution in [-0.2, 0) is 22.1 Å². The molecule has 1 aromatic heterocycles. The van der Waals surface area contributed by atoms with Crippen LogP contribution in [-0.4, -0.2) is 39.6 Å². The van der Waals surface area contributed by atoms with Gasteiger partial charge in [-0.25, -0.2) is 0 Å². The minimum atomic E-state index is -0.168. The first-order valence-corrected chi connectivity index (χ1v) is 10.7. The molecule has 1 heterocycles. The van der Waals surface area contributed by atoms with Crippen LogP contribution in [0, 0.1) is 11.8 Å². The summed E-state index contributed by atoms with van der Waals surface area (Å²) in [5, 5.41) is 7.42. The van der Waals surface area contributed by atoms with Crippen LogP contribution in [0.25, 0.3) is 0 Å². The highest BCUT2D eigenvalue weighted by atomic mass is 16.2. The van der Waals surface area contributed by atoms with Crippen molar-refractivity contribution in [3.63, 3.8) is 0 Å². The molecule has 0 unspecified atom stereocenters. The van der Waals surface area contributed by atoms with Crippen LogP contribution in [0.15, 0.2) is 6.07 Å². The maximum absolute atomic E-state index is 12.8. The molecular weight excluding hydrogens is 352 g/mol. The maximum atomic E-state index is 12.8. The molecule has 1 aromatic rings. The van der Waals surface area contributed by atoms with Gasteiger partial charge >= 0.3 is 0 Å². The van der Waals surface area contributed by atoms with Crippen LogP contribution in [0.5, 0.6) is 0 Å². The van der Waals surface area contributed by atoms with Gasteiger partial charge < -0.3 is 10.2 Å². The molecule has 6 heteroatoms. The van der Waals surface area contributed by atoms with E-state index in [0.29, 0.717) is 30.6 Å². The number of nitrogens with one attached hydrogen (secondary N) is 1. The number of nitrogens with zero attached hydrogens (tertiary/aromatic N) is 3. The first kappa shape index (κ1) is 22.4. The molecule has 1 aliphatic carbocycles. The van der Waals surface area contributed by atoms with E-state index in [0.717, 1.165) is 12.1 Å². The second kappa shape index (κ2) is 9.57. The lowest BCUT2D eigenvalue weighted by molar-refractivity contribution is -0.135. The number of carbonyl (C=O) groups is 2. The van der Waals surface area contributed by atoms with Crippen molar-refractivity contribution in [1.82, 2.24) is 14.7 Å². The fourth-order valence-electron chi connectivity index (χ4n) is 3.79. The minimum absolute atomic E-state index is 0.0827. The molecule has 2 rings (SSSR count). The lowest BCUT2D eigenvalue weighted by Crippen LogP contribution is -2.40. The molecule has 0 radical (unpaired) electrons. The Labute approximate surface area is 170 Å². The van der Waals surface area contributed by atoms with Gasteiger partial charge in [-0.3, -0.25) is 14.3 Å². The highest BCUT2D eigenvalue weighted by Gasteiger charge is 2.23. The van der Waals surface area contributed by atoms with Gasteiger partial charge in [-0.15, -0.1) is 0 Å². The zero-order valence-corrected chi connectivity index (χ0v) is 18.5. The molecule has 0 atom stereocenters. The van der Waals surface area contributed by atoms with Gasteiger partial charge in [-0.05, 0) is 18.3 Å². The van der Waals surface area contributed by atoms with E-state index in [-0.39, 0.29) is 23.8 Å². The van der Waals surface area contributed by atoms with E-state index in [2.05, 4.69) is 45.0 Å². The van der Waals surface area contributed by atoms with Gasteiger partial charge in [-0.1, -0.05) is 60.3 Å². The summed E-state index contributed by atoms with van der Waals surface area (Å²) in [7, 11) is 1.82. The third-order valence-corrected chi connectivity index (χ3v) is 5.43. The SMILES string of the molecule is CC(C)CN(CC(=O)Nc1cc(C(C)(C)C)nn1C)C(=O)CCC1CCCC1. The Morgan fingerprint density at radius 3 is 2.46 bits per heavy atom. The first-order chi connectivity index (χ1) is 13.1. The molecule has 0 saturated heterocycles. The summed E-state index contributed by atoms with van der Waals surface area (Å²) in [6.07, 6.45) is 6.57. The molecule has 1 saturated carbocycles. The molecule has 0 aliphatic heterocycles. The van der Waals surface area contributed by atoms with E-state index in [1.807, 2.05) is 13.1 Å². The van der Waals surface area contributed by atoms with E-state index < -0.39 is 0 Å². The summed E-state index contributed by atoms with van der Waals surface area (Å²) in [4.78, 5) is 27.1. The van der Waals surface area contributed by atoms with Gasteiger partial charge in [0.05, 0.1) is 12.2 Å². The van der Waals surface area contributed by atoms with E-state index >= 15 is 0 Å². The number of aryl methyl sites for hydroxylation is 1. The Balaban J connectivity index is 1.96. The molecule has 158 valence electrons. The highest BCUT2D eigenvalue weighted by molar-refractivity contribution is 5.94. The van der Waals surface area contributed by atoms with Crippen LogP contribution >= 0.6 is 0 Å². The summed E-state index contributed by atoms with van der Waals surface area (Å²) in [6, 6.07) is 1.91. The molecule has 1 fully saturated rings. The molecular formula is C22H38N4O2. The number of anilines is 1. The third kappa shape index (κ3) is 6.64. The fraction of sp³-hybridized carbons (Fsp3) is 0.773. The van der Waals surface area contributed by atoms with Gasteiger partial charge in [0.25, 0.3) is 0 Å². The smallest absolute Gasteiger partial charge is 0.245 e. The summed E-state index contributed by atoms with van der Waals surface area (Å²) in [5.41, 5.74) is 0.845. The molecule has 1 N–H and O–H groups in total. The molecule has 6 nitrogen and oxygen atoms in total. The van der Waals surface area contributed by atoms with E-state index in [1.54, 1.807) is 9.58 Å². The van der Waals surface area contributed by atoms with Gasteiger partial charge in [0.1, 0.15) is 5.82 Å². The Hall–Kier alpha value is -1.85. The second-order valence-electron chi connectivity index (χ2n) is 9.69. The Bertz CT molecular complexity index is 667. The number of amides is 2. The lowest BCUT2D eigenvalue weighted by atomic mass is 9.92. The van der Waals surface area contributed by atoms with Crippen LogP contribution < -0.4 is 5.32 Å². The van der Waals surface area contributed by atoms with Crippen molar-refractivity contribution in [2.75, 3.05) is 18.4 Å². The summed E-state index contributed by atoms with van der Waals surface area (Å²) in [5.74, 6) is 1.60. The van der Waals surface area contributed by atoms with Crippen molar-refractivity contribution in [3.05, 3.63) is 11.8 Å². The molecule has 0 spiro atoms. The van der Waals surface area contributed by atoms with Crippen molar-refractivity contribution in [3.8, 4) is 0 Å². The predicted octanol–water partition coefficient (Wildman–Crippen LogP) is 4.11. The van der Waals surface area contributed by atoms with Crippen molar-refractivity contribution < 1.29 is 9.59 Å². The standard InChI is InChI=1S/C22H38N4O2/c1-16(2)14-26(21(28)12-11-17-9-7-8-10-17)15-20(27)23-19-13-18(22(3,4)5)24-25(19)6/h13,16-17H,7-12,14-15H2,1-6H3,(H,23,27). The molecule has 0 bridgehead atoms. The van der Waals surface area contributed by atoms with Gasteiger partial charge in [0, 0.05) is 31.5 Å². The average molecular weight is 391 g/mol. The Morgan fingerprint density at radius 2 is 1.93 bits per heavy atom. The zero-order chi connectivity index (χ0) is 20.9. The molecule has 28 heavy (non-hydrogen) atoms. The van der Waals surface area contributed by atoms with Crippen molar-refractivity contribution in [2.45, 2.75) is 78.6 Å². The minimum Gasteiger partial charge on any atom is -0.333 e. The Morgan fingerprint density at radius 1 is 1.29 bits per heavy atom. The Kier molecular flexibility index (Phi) is 7.67. The van der Waals surface area contributed by atoms with Crippen LogP contribution in [0.3, 0.4) is 0 Å². The van der Waals surface area contributed by atoms with Gasteiger partial charge in [-0.2, -0.15) is 5.10 Å². The average Bonchev–Trinajstić information content (AvgIpc) is 3.21. The van der Waals surface area contributed by atoms with E-state index in [4.69, 9.17) is 0 Å². The zero-order valence-electron chi connectivity index (χ0n) is 18.5. The predicted molar refractivity (Wildman–Crippen MR) is 113 cm³/mol. The van der Waals surface area contributed by atoms with E-state index in [9.17, 15) is 9.59 Å². The summed E-state index contributed by atoms with van der Waals surface area (Å²) >= 11 is 0. The number of hydrogen-bond acceptors (Lipinski definition) is 3. The molecule has 2 amide bonds. The third-order valence-electron chi connectivity index (χ3n) is 5.43.